The molecule has 7 heteroatoms. The number of carbonyl (C=O) groups is 2. The van der Waals surface area contributed by atoms with Crippen molar-refractivity contribution in [3.63, 3.8) is 0 Å². The standard InChI is InChI=1S/C22H23N3O4/c1-14-10-12-17(13-11-14)22(28)29-16(3)20(26)23-19-15(2)24(4)25(21(19)27)18-8-6-5-7-9-18/h5-13,16H,1-4H3,(H,23,26)/t16-/m1/s1. The van der Waals surface area contributed by atoms with Crippen LogP contribution >= 0.6 is 0 Å². The zero-order valence-electron chi connectivity index (χ0n) is 16.8. The molecule has 0 unspecified atom stereocenters. The van der Waals surface area contributed by atoms with E-state index in [2.05, 4.69) is 5.32 Å². The van der Waals surface area contributed by atoms with Crippen LogP contribution in [0.4, 0.5) is 5.69 Å². The molecule has 3 rings (SSSR count). The Balaban J connectivity index is 1.77. The number of aromatic nitrogens is 2. The Kier molecular flexibility index (Phi) is 5.68. The number of ether oxygens (including phenoxy) is 1. The minimum atomic E-state index is -1.06. The highest BCUT2D eigenvalue weighted by molar-refractivity contribution is 5.97. The monoisotopic (exact) mass is 393 g/mol. The molecule has 1 heterocycles. The summed E-state index contributed by atoms with van der Waals surface area (Å²) in [5.41, 5.74) is 2.44. The quantitative estimate of drug-likeness (QED) is 0.676. The Hall–Kier alpha value is -3.61. The summed E-state index contributed by atoms with van der Waals surface area (Å²) in [4.78, 5) is 37.6. The number of amides is 1. The van der Waals surface area contributed by atoms with E-state index in [1.54, 1.807) is 55.1 Å². The van der Waals surface area contributed by atoms with Crippen molar-refractivity contribution in [2.45, 2.75) is 26.9 Å². The summed E-state index contributed by atoms with van der Waals surface area (Å²) < 4.78 is 8.37. The van der Waals surface area contributed by atoms with Crippen molar-refractivity contribution >= 4 is 17.6 Å². The van der Waals surface area contributed by atoms with Crippen molar-refractivity contribution in [3.8, 4) is 5.69 Å². The number of para-hydroxylation sites is 1. The van der Waals surface area contributed by atoms with E-state index in [9.17, 15) is 14.4 Å². The van der Waals surface area contributed by atoms with Gasteiger partial charge in [-0.2, -0.15) is 0 Å². The molecule has 1 amide bonds. The number of benzene rings is 2. The maximum atomic E-state index is 12.9. The molecule has 29 heavy (non-hydrogen) atoms. The fourth-order valence-electron chi connectivity index (χ4n) is 2.91. The van der Waals surface area contributed by atoms with Crippen molar-refractivity contribution in [1.82, 2.24) is 9.36 Å². The van der Waals surface area contributed by atoms with E-state index < -0.39 is 18.0 Å². The molecule has 7 nitrogen and oxygen atoms in total. The van der Waals surface area contributed by atoms with Gasteiger partial charge in [-0.25, -0.2) is 9.48 Å². The summed E-state index contributed by atoms with van der Waals surface area (Å²) in [5.74, 6) is -1.17. The number of nitrogens with zero attached hydrogens (tertiary/aromatic N) is 2. The Bertz CT molecular complexity index is 1100. The number of nitrogens with one attached hydrogen (secondary N) is 1. The fraction of sp³-hybridized carbons (Fsp3) is 0.227. The maximum absolute atomic E-state index is 12.9. The van der Waals surface area contributed by atoms with E-state index in [4.69, 9.17) is 4.74 Å². The normalized spacial score (nSPS) is 11.7. The molecule has 0 bridgehead atoms. The number of rotatable bonds is 5. The van der Waals surface area contributed by atoms with Crippen LogP contribution in [-0.4, -0.2) is 27.3 Å². The number of anilines is 1. The van der Waals surface area contributed by atoms with Crippen LogP contribution in [0.5, 0.6) is 0 Å². The molecule has 0 aliphatic rings. The molecule has 0 spiro atoms. The Morgan fingerprint density at radius 1 is 1.00 bits per heavy atom. The molecule has 150 valence electrons. The van der Waals surface area contributed by atoms with Crippen molar-refractivity contribution in [1.29, 1.82) is 0 Å². The molecule has 0 fully saturated rings. The van der Waals surface area contributed by atoms with Crippen LogP contribution in [0.15, 0.2) is 59.4 Å². The van der Waals surface area contributed by atoms with E-state index in [0.717, 1.165) is 5.56 Å². The predicted molar refractivity (Wildman–Crippen MR) is 110 cm³/mol. The van der Waals surface area contributed by atoms with Gasteiger partial charge in [0.2, 0.25) is 0 Å². The first-order chi connectivity index (χ1) is 13.8. The van der Waals surface area contributed by atoms with Crippen molar-refractivity contribution < 1.29 is 14.3 Å². The largest absolute Gasteiger partial charge is 0.449 e. The maximum Gasteiger partial charge on any atom is 0.338 e. The van der Waals surface area contributed by atoms with Crippen LogP contribution in [-0.2, 0) is 16.6 Å². The minimum Gasteiger partial charge on any atom is -0.449 e. The molecule has 2 aromatic carbocycles. The molecule has 3 aromatic rings. The van der Waals surface area contributed by atoms with Gasteiger partial charge in [0.05, 0.1) is 16.9 Å². The lowest BCUT2D eigenvalue weighted by Crippen LogP contribution is -2.32. The number of esters is 1. The Morgan fingerprint density at radius 3 is 2.24 bits per heavy atom. The Labute approximate surface area is 168 Å². The molecule has 1 atom stereocenters. The molecule has 0 saturated carbocycles. The van der Waals surface area contributed by atoms with Crippen LogP contribution in [0.3, 0.4) is 0 Å². The molecular weight excluding hydrogens is 370 g/mol. The van der Waals surface area contributed by atoms with Crippen LogP contribution in [0.25, 0.3) is 5.69 Å². The van der Waals surface area contributed by atoms with Gasteiger partial charge in [-0.3, -0.25) is 14.3 Å². The first-order valence-electron chi connectivity index (χ1n) is 9.22. The van der Waals surface area contributed by atoms with Gasteiger partial charge in [0.15, 0.2) is 6.10 Å². The molecule has 0 aliphatic heterocycles. The van der Waals surface area contributed by atoms with Gasteiger partial charge < -0.3 is 10.1 Å². The van der Waals surface area contributed by atoms with Crippen LogP contribution in [0.1, 0.15) is 28.5 Å². The zero-order valence-corrected chi connectivity index (χ0v) is 16.8. The number of hydrogen-bond donors (Lipinski definition) is 1. The summed E-state index contributed by atoms with van der Waals surface area (Å²) in [7, 11) is 1.74. The van der Waals surface area contributed by atoms with Gasteiger partial charge in [0.25, 0.3) is 11.5 Å². The smallest absolute Gasteiger partial charge is 0.338 e. The highest BCUT2D eigenvalue weighted by Gasteiger charge is 2.23. The van der Waals surface area contributed by atoms with Gasteiger partial charge in [-0.05, 0) is 45.0 Å². The molecule has 0 radical (unpaired) electrons. The fourth-order valence-corrected chi connectivity index (χ4v) is 2.91. The van der Waals surface area contributed by atoms with Gasteiger partial charge in [-0.1, -0.05) is 35.9 Å². The second-order valence-electron chi connectivity index (χ2n) is 6.84. The number of carbonyl (C=O) groups excluding carboxylic acids is 2. The topological polar surface area (TPSA) is 82.3 Å². The van der Waals surface area contributed by atoms with E-state index in [1.165, 1.54) is 11.6 Å². The molecule has 0 aliphatic carbocycles. The SMILES string of the molecule is Cc1ccc(C(=O)O[C@H](C)C(=O)Nc2c(C)n(C)n(-c3ccccc3)c2=O)cc1. The van der Waals surface area contributed by atoms with Crippen LogP contribution in [0, 0.1) is 13.8 Å². The first kappa shape index (κ1) is 20.1. The van der Waals surface area contributed by atoms with Crippen LogP contribution in [0.2, 0.25) is 0 Å². The lowest BCUT2D eigenvalue weighted by Gasteiger charge is -2.13. The van der Waals surface area contributed by atoms with Crippen molar-refractivity contribution in [2.75, 3.05) is 5.32 Å². The summed E-state index contributed by atoms with van der Waals surface area (Å²) in [6, 6.07) is 16.0. The third-order valence-electron chi connectivity index (χ3n) is 4.74. The molecular formula is C22H23N3O4. The summed E-state index contributed by atoms with van der Waals surface area (Å²) >= 11 is 0. The second-order valence-corrected chi connectivity index (χ2v) is 6.84. The zero-order chi connectivity index (χ0) is 21.1. The minimum absolute atomic E-state index is 0.152. The van der Waals surface area contributed by atoms with Crippen molar-refractivity contribution in [3.05, 3.63) is 81.8 Å². The summed E-state index contributed by atoms with van der Waals surface area (Å²) in [5, 5.41) is 2.60. The van der Waals surface area contributed by atoms with E-state index >= 15 is 0 Å². The van der Waals surface area contributed by atoms with E-state index in [1.807, 2.05) is 25.1 Å². The van der Waals surface area contributed by atoms with Gasteiger partial charge in [-0.15, -0.1) is 0 Å². The van der Waals surface area contributed by atoms with E-state index in [-0.39, 0.29) is 11.2 Å². The third-order valence-corrected chi connectivity index (χ3v) is 4.74. The van der Waals surface area contributed by atoms with E-state index in [0.29, 0.717) is 16.9 Å². The van der Waals surface area contributed by atoms with Gasteiger partial charge in [0.1, 0.15) is 5.69 Å². The Morgan fingerprint density at radius 2 is 1.62 bits per heavy atom. The third kappa shape index (κ3) is 4.13. The average Bonchev–Trinajstić information content (AvgIpc) is 2.92. The average molecular weight is 393 g/mol. The van der Waals surface area contributed by atoms with Gasteiger partial charge in [0, 0.05) is 7.05 Å². The van der Waals surface area contributed by atoms with Crippen molar-refractivity contribution in [2.24, 2.45) is 7.05 Å². The highest BCUT2D eigenvalue weighted by atomic mass is 16.5. The summed E-state index contributed by atoms with van der Waals surface area (Å²) in [6.45, 7) is 5.12. The predicted octanol–water partition coefficient (Wildman–Crippen LogP) is 2.98. The summed E-state index contributed by atoms with van der Waals surface area (Å²) in [6.07, 6.45) is -1.06. The molecule has 0 saturated heterocycles. The second kappa shape index (κ2) is 8.18. The van der Waals surface area contributed by atoms with Crippen LogP contribution < -0.4 is 10.9 Å². The lowest BCUT2D eigenvalue weighted by molar-refractivity contribution is -0.123. The molecule has 1 N–H and O–H groups in total. The first-order valence-corrected chi connectivity index (χ1v) is 9.22. The van der Waals surface area contributed by atoms with Gasteiger partial charge >= 0.3 is 5.97 Å². The number of aryl methyl sites for hydroxylation is 1. The molecule has 1 aromatic heterocycles. The number of hydrogen-bond acceptors (Lipinski definition) is 4. The highest BCUT2D eigenvalue weighted by Crippen LogP contribution is 2.15. The lowest BCUT2D eigenvalue weighted by atomic mass is 10.1.